The Morgan fingerprint density at radius 1 is 1.24 bits per heavy atom. The van der Waals surface area contributed by atoms with Crippen LogP contribution in [0, 0.1) is 5.92 Å². The highest BCUT2D eigenvalue weighted by molar-refractivity contribution is 6.05. The molecule has 0 radical (unpaired) electrons. The summed E-state index contributed by atoms with van der Waals surface area (Å²) in [6.45, 7) is 4.21. The topological polar surface area (TPSA) is 92.5 Å². The van der Waals surface area contributed by atoms with E-state index in [0.29, 0.717) is 23.7 Å². The highest BCUT2D eigenvalue weighted by atomic mass is 35.5. The van der Waals surface area contributed by atoms with E-state index in [4.69, 9.17) is 5.11 Å². The third kappa shape index (κ3) is 3.37. The molecule has 1 unspecified atom stereocenters. The number of halogens is 1. The van der Waals surface area contributed by atoms with Gasteiger partial charge < -0.3 is 10.0 Å². The molecule has 1 aromatic carbocycles. The van der Waals surface area contributed by atoms with Crippen LogP contribution < -0.4 is 5.56 Å². The Morgan fingerprint density at radius 2 is 1.88 bits per heavy atom. The van der Waals surface area contributed by atoms with Crippen molar-refractivity contribution in [3.05, 3.63) is 40.3 Å². The van der Waals surface area contributed by atoms with Crippen molar-refractivity contribution in [1.82, 2.24) is 14.7 Å². The molecule has 3 rings (SSSR count). The molecule has 1 aromatic heterocycles. The molecule has 134 valence electrons. The maximum atomic E-state index is 12.9. The summed E-state index contributed by atoms with van der Waals surface area (Å²) in [7, 11) is 0. The number of aromatic nitrogens is 2. The molecule has 0 bridgehead atoms. The number of fused-ring (bicyclic) bond motifs is 1. The summed E-state index contributed by atoms with van der Waals surface area (Å²) in [5.41, 5.74) is -0.0353. The number of amides is 1. The van der Waals surface area contributed by atoms with Crippen molar-refractivity contribution >= 4 is 35.1 Å². The fraction of sp³-hybridized carbons (Fsp3) is 0.412. The minimum Gasteiger partial charge on any atom is -0.481 e. The first-order valence-electron chi connectivity index (χ1n) is 7.93. The molecule has 0 spiro atoms. The predicted molar refractivity (Wildman–Crippen MR) is 95.3 cm³/mol. The summed E-state index contributed by atoms with van der Waals surface area (Å²) in [5, 5.41) is 14.3. The van der Waals surface area contributed by atoms with Gasteiger partial charge in [0.25, 0.3) is 11.5 Å². The second kappa shape index (κ2) is 7.23. The third-order valence-electron chi connectivity index (χ3n) is 4.34. The van der Waals surface area contributed by atoms with Gasteiger partial charge in [-0.1, -0.05) is 18.2 Å². The monoisotopic (exact) mass is 365 g/mol. The Labute approximate surface area is 150 Å². The third-order valence-corrected chi connectivity index (χ3v) is 4.34. The molecule has 1 aliphatic rings. The zero-order chi connectivity index (χ0) is 17.4. The number of likely N-dealkylation sites (tertiary alicyclic amines) is 1. The lowest BCUT2D eigenvalue weighted by molar-refractivity contribution is -0.141. The van der Waals surface area contributed by atoms with E-state index in [1.807, 2.05) is 13.8 Å². The van der Waals surface area contributed by atoms with Gasteiger partial charge in [0, 0.05) is 18.5 Å². The summed E-state index contributed by atoms with van der Waals surface area (Å²) in [5.74, 6) is -1.77. The van der Waals surface area contributed by atoms with Gasteiger partial charge in [-0.3, -0.25) is 14.4 Å². The van der Waals surface area contributed by atoms with E-state index < -0.39 is 11.9 Å². The summed E-state index contributed by atoms with van der Waals surface area (Å²) >= 11 is 0. The Balaban J connectivity index is 0.00000225. The predicted octanol–water partition coefficient (Wildman–Crippen LogP) is 1.95. The largest absolute Gasteiger partial charge is 0.481 e. The van der Waals surface area contributed by atoms with E-state index in [-0.39, 0.29) is 42.2 Å². The number of carboxylic acid groups (broad SMARTS) is 1. The average Bonchev–Trinajstić information content (AvgIpc) is 3.05. The SMILES string of the molecule is CC(C)n1nc(C(=O)N2CCC(C(=O)O)C2)c2ccccc2c1=O.Cl. The van der Waals surface area contributed by atoms with Crippen LogP contribution in [-0.4, -0.2) is 44.8 Å². The second-order valence-electron chi connectivity index (χ2n) is 6.31. The number of rotatable bonds is 3. The van der Waals surface area contributed by atoms with Crippen molar-refractivity contribution in [2.75, 3.05) is 13.1 Å². The molecular weight excluding hydrogens is 346 g/mol. The lowest BCUT2D eigenvalue weighted by Gasteiger charge is -2.18. The van der Waals surface area contributed by atoms with Crippen molar-refractivity contribution in [2.24, 2.45) is 5.92 Å². The van der Waals surface area contributed by atoms with E-state index in [0.717, 1.165) is 0 Å². The van der Waals surface area contributed by atoms with Crippen LogP contribution in [0.1, 0.15) is 36.8 Å². The van der Waals surface area contributed by atoms with Crippen LogP contribution in [0.4, 0.5) is 0 Å². The molecule has 1 amide bonds. The summed E-state index contributed by atoms with van der Waals surface area (Å²) < 4.78 is 1.31. The van der Waals surface area contributed by atoms with Gasteiger partial charge in [0.1, 0.15) is 0 Å². The van der Waals surface area contributed by atoms with Crippen molar-refractivity contribution < 1.29 is 14.7 Å². The summed E-state index contributed by atoms with van der Waals surface area (Å²) in [6, 6.07) is 6.70. The zero-order valence-corrected chi connectivity index (χ0v) is 14.8. The highest BCUT2D eigenvalue weighted by Crippen LogP contribution is 2.21. The van der Waals surface area contributed by atoms with Crippen LogP contribution in [0.25, 0.3) is 10.8 Å². The van der Waals surface area contributed by atoms with Gasteiger partial charge in [0.15, 0.2) is 5.69 Å². The zero-order valence-electron chi connectivity index (χ0n) is 14.0. The molecule has 0 aliphatic carbocycles. The number of hydrogen-bond donors (Lipinski definition) is 1. The van der Waals surface area contributed by atoms with Gasteiger partial charge in [0.2, 0.25) is 0 Å². The average molecular weight is 366 g/mol. The molecule has 1 fully saturated rings. The Kier molecular flexibility index (Phi) is 5.47. The van der Waals surface area contributed by atoms with Crippen molar-refractivity contribution in [3.63, 3.8) is 0 Å². The molecule has 0 saturated carbocycles. The van der Waals surface area contributed by atoms with E-state index in [1.54, 1.807) is 24.3 Å². The first-order valence-corrected chi connectivity index (χ1v) is 7.93. The highest BCUT2D eigenvalue weighted by Gasteiger charge is 2.33. The number of carboxylic acids is 1. The minimum absolute atomic E-state index is 0. The van der Waals surface area contributed by atoms with Gasteiger partial charge in [-0.05, 0) is 26.3 Å². The lowest BCUT2D eigenvalue weighted by atomic mass is 10.1. The van der Waals surface area contributed by atoms with Crippen LogP contribution in [-0.2, 0) is 4.79 Å². The van der Waals surface area contributed by atoms with Crippen molar-refractivity contribution in [1.29, 1.82) is 0 Å². The van der Waals surface area contributed by atoms with Gasteiger partial charge in [-0.15, -0.1) is 12.4 Å². The number of aliphatic carboxylic acids is 1. The van der Waals surface area contributed by atoms with Crippen molar-refractivity contribution in [2.45, 2.75) is 26.3 Å². The van der Waals surface area contributed by atoms with Gasteiger partial charge in [-0.25, -0.2) is 4.68 Å². The molecule has 2 heterocycles. The molecule has 1 N–H and O–H groups in total. The van der Waals surface area contributed by atoms with Crippen LogP contribution in [0.2, 0.25) is 0 Å². The van der Waals surface area contributed by atoms with Gasteiger partial charge in [0.05, 0.1) is 17.3 Å². The van der Waals surface area contributed by atoms with Gasteiger partial charge >= 0.3 is 5.97 Å². The molecule has 25 heavy (non-hydrogen) atoms. The van der Waals surface area contributed by atoms with Crippen molar-refractivity contribution in [3.8, 4) is 0 Å². The van der Waals surface area contributed by atoms with Crippen LogP contribution >= 0.6 is 12.4 Å². The van der Waals surface area contributed by atoms with Crippen LogP contribution in [0.3, 0.4) is 0 Å². The summed E-state index contributed by atoms with van der Waals surface area (Å²) in [6.07, 6.45) is 0.433. The maximum absolute atomic E-state index is 12.9. The quantitative estimate of drug-likeness (QED) is 0.897. The first kappa shape index (κ1) is 18.9. The Bertz CT molecular complexity index is 878. The molecule has 7 nitrogen and oxygen atoms in total. The Hall–Kier alpha value is -2.41. The normalized spacial score (nSPS) is 16.9. The number of hydrogen-bond acceptors (Lipinski definition) is 4. The Morgan fingerprint density at radius 3 is 2.44 bits per heavy atom. The van der Waals surface area contributed by atoms with Crippen LogP contribution in [0.15, 0.2) is 29.1 Å². The van der Waals surface area contributed by atoms with Crippen LogP contribution in [0.5, 0.6) is 0 Å². The number of benzene rings is 1. The molecular formula is C17H20ClN3O4. The smallest absolute Gasteiger partial charge is 0.308 e. The maximum Gasteiger partial charge on any atom is 0.308 e. The lowest BCUT2D eigenvalue weighted by Crippen LogP contribution is -2.34. The fourth-order valence-corrected chi connectivity index (χ4v) is 3.01. The van der Waals surface area contributed by atoms with E-state index in [1.165, 1.54) is 9.58 Å². The minimum atomic E-state index is -0.893. The molecule has 1 atom stereocenters. The van der Waals surface area contributed by atoms with E-state index in [9.17, 15) is 14.4 Å². The molecule has 2 aromatic rings. The first-order chi connectivity index (χ1) is 11.4. The molecule has 1 aliphatic heterocycles. The fourth-order valence-electron chi connectivity index (χ4n) is 3.01. The number of nitrogens with zero attached hydrogens (tertiary/aromatic N) is 3. The number of carbonyl (C=O) groups is 2. The second-order valence-corrected chi connectivity index (χ2v) is 6.31. The molecule has 1 saturated heterocycles. The standard InChI is InChI=1S/C17H19N3O4.ClH/c1-10(2)20-15(21)13-6-4-3-5-12(13)14(18-20)16(22)19-8-7-11(9-19)17(23)24;/h3-6,10-11H,7-9H2,1-2H3,(H,23,24);1H. The summed E-state index contributed by atoms with van der Waals surface area (Å²) in [4.78, 5) is 38.0. The number of carbonyl (C=O) groups excluding carboxylic acids is 1. The molecule has 8 heteroatoms. The van der Waals surface area contributed by atoms with E-state index in [2.05, 4.69) is 5.10 Å². The van der Waals surface area contributed by atoms with Gasteiger partial charge in [-0.2, -0.15) is 5.10 Å². The van der Waals surface area contributed by atoms with E-state index >= 15 is 0 Å².